The molecule has 1 fully saturated rings. The van der Waals surface area contributed by atoms with E-state index in [1.165, 1.54) is 11.8 Å². The largest absolute Gasteiger partial charge is 0.315 e. The summed E-state index contributed by atoms with van der Waals surface area (Å²) in [6, 6.07) is 10.1. The Morgan fingerprint density at radius 2 is 1.71 bits per heavy atom. The highest BCUT2D eigenvalue weighted by Crippen LogP contribution is 2.38. The van der Waals surface area contributed by atoms with Gasteiger partial charge in [-0.25, -0.2) is 8.42 Å². The average molecular weight is 496 g/mol. The van der Waals surface area contributed by atoms with E-state index in [0.29, 0.717) is 25.8 Å². The molecule has 0 aromatic heterocycles. The van der Waals surface area contributed by atoms with Crippen LogP contribution >= 0.6 is 58.2 Å². The monoisotopic (exact) mass is 494 g/mol. The van der Waals surface area contributed by atoms with Crippen LogP contribution in [0.15, 0.2) is 41.4 Å². The Kier molecular flexibility index (Phi) is 5.82. The number of thioether (sulfide) groups is 1. The van der Waals surface area contributed by atoms with E-state index < -0.39 is 9.84 Å². The summed E-state index contributed by atoms with van der Waals surface area (Å²) in [5.74, 6) is 0.730. The maximum Gasteiger partial charge on any atom is 0.164 e. The standard InChI is InChI=1S/C18H14Cl4N2O2S2/c19-11-4-12(20)6-13(5-11)24-17-9-28(25,26)8-16(17)23-18(24)27-7-10-1-2-14(21)15(22)3-10/h1-6,16-17H,7-9H2/t16-,17+/m1/s1. The molecule has 0 amide bonds. The second-order valence-electron chi connectivity index (χ2n) is 6.66. The molecule has 2 atom stereocenters. The van der Waals surface area contributed by atoms with Gasteiger partial charge in [0.15, 0.2) is 15.0 Å². The summed E-state index contributed by atoms with van der Waals surface area (Å²) in [6.07, 6.45) is 0. The van der Waals surface area contributed by atoms with Crippen molar-refractivity contribution in [1.82, 2.24) is 0 Å². The van der Waals surface area contributed by atoms with E-state index in [9.17, 15) is 8.42 Å². The second kappa shape index (κ2) is 7.89. The minimum atomic E-state index is -3.12. The fourth-order valence-corrected chi connectivity index (χ4v) is 7.14. The predicted molar refractivity (Wildman–Crippen MR) is 120 cm³/mol. The SMILES string of the molecule is O=S1(=O)C[C@H]2N=C(SCc3ccc(Cl)c(Cl)c3)N(c3cc(Cl)cc(Cl)c3)[C@H]2C1. The summed E-state index contributed by atoms with van der Waals surface area (Å²) < 4.78 is 24.3. The lowest BCUT2D eigenvalue weighted by atomic mass is 10.1. The van der Waals surface area contributed by atoms with Crippen LogP contribution in [0.2, 0.25) is 20.1 Å². The Morgan fingerprint density at radius 1 is 1.00 bits per heavy atom. The van der Waals surface area contributed by atoms with Gasteiger partial charge in [0.2, 0.25) is 0 Å². The number of hydrogen-bond acceptors (Lipinski definition) is 5. The quantitative estimate of drug-likeness (QED) is 0.558. The minimum Gasteiger partial charge on any atom is -0.315 e. The number of amidine groups is 1. The van der Waals surface area contributed by atoms with E-state index in [2.05, 4.69) is 0 Å². The lowest BCUT2D eigenvalue weighted by Crippen LogP contribution is -2.39. The second-order valence-corrected chi connectivity index (χ2v) is 11.4. The van der Waals surface area contributed by atoms with E-state index in [1.807, 2.05) is 17.0 Å². The number of fused-ring (bicyclic) bond motifs is 1. The number of benzene rings is 2. The molecule has 10 heteroatoms. The molecule has 2 aliphatic rings. The number of halogens is 4. The Bertz CT molecular complexity index is 1060. The number of sulfone groups is 1. The Hall–Kier alpha value is -0.630. The van der Waals surface area contributed by atoms with Crippen molar-refractivity contribution in [1.29, 1.82) is 0 Å². The number of aliphatic imine (C=N–C) groups is 1. The van der Waals surface area contributed by atoms with Crippen LogP contribution in [0.1, 0.15) is 5.56 Å². The molecule has 148 valence electrons. The van der Waals surface area contributed by atoms with Crippen molar-refractivity contribution in [3.63, 3.8) is 0 Å². The van der Waals surface area contributed by atoms with Crippen LogP contribution in [0.4, 0.5) is 5.69 Å². The van der Waals surface area contributed by atoms with Crippen molar-refractivity contribution in [2.24, 2.45) is 4.99 Å². The van der Waals surface area contributed by atoms with Crippen molar-refractivity contribution in [3.8, 4) is 0 Å². The Balaban J connectivity index is 1.64. The van der Waals surface area contributed by atoms with E-state index in [0.717, 1.165) is 16.4 Å². The van der Waals surface area contributed by atoms with Gasteiger partial charge in [0.05, 0.1) is 33.6 Å². The fraction of sp³-hybridized carbons (Fsp3) is 0.278. The van der Waals surface area contributed by atoms with E-state index in [4.69, 9.17) is 51.4 Å². The minimum absolute atomic E-state index is 0.0549. The molecule has 4 rings (SSSR count). The summed E-state index contributed by atoms with van der Waals surface area (Å²) in [7, 11) is -3.12. The first-order valence-electron chi connectivity index (χ1n) is 8.32. The van der Waals surface area contributed by atoms with Crippen LogP contribution in [0.25, 0.3) is 0 Å². The van der Waals surface area contributed by atoms with Gasteiger partial charge in [0, 0.05) is 21.5 Å². The van der Waals surface area contributed by atoms with Crippen molar-refractivity contribution in [3.05, 3.63) is 62.1 Å². The number of rotatable bonds is 3. The number of hydrogen-bond donors (Lipinski definition) is 0. The van der Waals surface area contributed by atoms with Gasteiger partial charge in [-0.15, -0.1) is 0 Å². The van der Waals surface area contributed by atoms with Crippen LogP contribution in [0.5, 0.6) is 0 Å². The molecule has 0 N–H and O–H groups in total. The fourth-order valence-electron chi connectivity index (χ4n) is 3.39. The summed E-state index contributed by atoms with van der Waals surface area (Å²) in [6.45, 7) is 0. The molecule has 28 heavy (non-hydrogen) atoms. The molecule has 0 spiro atoms. The summed E-state index contributed by atoms with van der Waals surface area (Å²) >= 11 is 26.0. The molecule has 2 aliphatic heterocycles. The zero-order chi connectivity index (χ0) is 20.1. The van der Waals surface area contributed by atoms with Crippen LogP contribution in [0, 0.1) is 0 Å². The molecule has 0 radical (unpaired) electrons. The van der Waals surface area contributed by atoms with Gasteiger partial charge in [-0.3, -0.25) is 4.99 Å². The summed E-state index contributed by atoms with van der Waals surface area (Å²) in [4.78, 5) is 6.64. The molecule has 2 heterocycles. The molecular weight excluding hydrogens is 482 g/mol. The van der Waals surface area contributed by atoms with Gasteiger partial charge >= 0.3 is 0 Å². The van der Waals surface area contributed by atoms with Crippen LogP contribution in [0.3, 0.4) is 0 Å². The van der Waals surface area contributed by atoms with Crippen LogP contribution < -0.4 is 4.90 Å². The van der Waals surface area contributed by atoms with E-state index in [-0.39, 0.29) is 23.6 Å². The third kappa shape index (κ3) is 4.27. The average Bonchev–Trinajstić information content (AvgIpc) is 3.06. The lowest BCUT2D eigenvalue weighted by Gasteiger charge is -2.27. The molecule has 2 aromatic rings. The first-order chi connectivity index (χ1) is 13.2. The number of anilines is 1. The first-order valence-corrected chi connectivity index (χ1v) is 12.6. The molecule has 2 aromatic carbocycles. The highest BCUT2D eigenvalue weighted by Gasteiger charge is 2.47. The zero-order valence-corrected chi connectivity index (χ0v) is 18.9. The summed E-state index contributed by atoms with van der Waals surface area (Å²) in [5.41, 5.74) is 1.73. The van der Waals surface area contributed by atoms with Gasteiger partial charge in [-0.1, -0.05) is 64.2 Å². The van der Waals surface area contributed by atoms with E-state index >= 15 is 0 Å². The van der Waals surface area contributed by atoms with Gasteiger partial charge in [-0.2, -0.15) is 0 Å². The molecule has 0 saturated carbocycles. The molecule has 4 nitrogen and oxygen atoms in total. The highest BCUT2D eigenvalue weighted by atomic mass is 35.5. The Labute approximate surface area is 187 Å². The first kappa shape index (κ1) is 20.6. The van der Waals surface area contributed by atoms with Gasteiger partial charge in [-0.05, 0) is 35.9 Å². The highest BCUT2D eigenvalue weighted by molar-refractivity contribution is 8.13. The Morgan fingerprint density at radius 3 is 2.39 bits per heavy atom. The topological polar surface area (TPSA) is 49.7 Å². The molecule has 0 unspecified atom stereocenters. The van der Waals surface area contributed by atoms with E-state index in [1.54, 1.807) is 24.3 Å². The van der Waals surface area contributed by atoms with Gasteiger partial charge in [0.25, 0.3) is 0 Å². The molecule has 0 aliphatic carbocycles. The molecule has 1 saturated heterocycles. The van der Waals surface area contributed by atoms with Crippen molar-refractivity contribution < 1.29 is 8.42 Å². The normalized spacial score (nSPS) is 23.0. The van der Waals surface area contributed by atoms with Crippen LogP contribution in [-0.2, 0) is 15.6 Å². The lowest BCUT2D eigenvalue weighted by molar-refractivity contribution is 0.601. The third-order valence-electron chi connectivity index (χ3n) is 4.58. The maximum absolute atomic E-state index is 12.1. The number of nitrogens with zero attached hydrogens (tertiary/aromatic N) is 2. The molecular formula is C18H14Cl4N2O2S2. The molecule has 0 bridgehead atoms. The van der Waals surface area contributed by atoms with Crippen molar-refractivity contribution >= 4 is 78.9 Å². The van der Waals surface area contributed by atoms with Crippen molar-refractivity contribution in [2.45, 2.75) is 17.8 Å². The zero-order valence-electron chi connectivity index (χ0n) is 14.3. The summed E-state index contributed by atoms with van der Waals surface area (Å²) in [5, 5.41) is 2.72. The van der Waals surface area contributed by atoms with Gasteiger partial charge in [0.1, 0.15) is 0 Å². The van der Waals surface area contributed by atoms with Crippen LogP contribution in [-0.4, -0.2) is 37.2 Å². The maximum atomic E-state index is 12.1. The van der Waals surface area contributed by atoms with Crippen molar-refractivity contribution in [2.75, 3.05) is 16.4 Å². The predicted octanol–water partition coefficient (Wildman–Crippen LogP) is 5.58. The smallest absolute Gasteiger partial charge is 0.164 e. The van der Waals surface area contributed by atoms with Gasteiger partial charge < -0.3 is 4.90 Å². The third-order valence-corrected chi connectivity index (χ3v) is 8.50.